The maximum atomic E-state index is 12.7. The van der Waals surface area contributed by atoms with Gasteiger partial charge < -0.3 is 19.9 Å². The second kappa shape index (κ2) is 9.45. The number of nitrogens with zero attached hydrogens (tertiary/aromatic N) is 5. The number of hydrogen-bond donors (Lipinski definition) is 1. The number of aromatic nitrogens is 2. The number of ether oxygens (including phenoxy) is 1. The summed E-state index contributed by atoms with van der Waals surface area (Å²) in [6.07, 6.45) is 3.51. The number of benzene rings is 1. The summed E-state index contributed by atoms with van der Waals surface area (Å²) in [6, 6.07) is 8.00. The van der Waals surface area contributed by atoms with Gasteiger partial charge in [0, 0.05) is 32.9 Å². The third-order valence-electron chi connectivity index (χ3n) is 4.68. The number of aliphatic imine (C=N–C) groups is 1. The average molecular weight is 399 g/mol. The quantitative estimate of drug-likeness (QED) is 0.593. The first kappa shape index (κ1) is 20.7. The molecule has 1 aromatic carbocycles. The highest BCUT2D eigenvalue weighted by Gasteiger charge is 2.27. The molecule has 1 amide bonds. The van der Waals surface area contributed by atoms with Gasteiger partial charge in [0.2, 0.25) is 5.91 Å². The molecule has 1 atom stereocenters. The molecule has 156 valence electrons. The zero-order valence-corrected chi connectivity index (χ0v) is 17.6. The van der Waals surface area contributed by atoms with Crippen molar-refractivity contribution in [2.45, 2.75) is 26.9 Å². The van der Waals surface area contributed by atoms with Crippen LogP contribution in [0.15, 0.2) is 41.7 Å². The van der Waals surface area contributed by atoms with Gasteiger partial charge in [0.1, 0.15) is 18.4 Å². The lowest BCUT2D eigenvalue weighted by Crippen LogP contribution is -2.55. The molecule has 3 rings (SSSR count). The molecule has 1 aliphatic heterocycles. The largest absolute Gasteiger partial charge is 0.489 e. The number of nitrogens with one attached hydrogen (secondary N) is 1. The predicted octanol–water partition coefficient (Wildman–Crippen LogP) is 1.81. The minimum atomic E-state index is -0.0714. The van der Waals surface area contributed by atoms with Gasteiger partial charge in [-0.05, 0) is 38.5 Å². The molecule has 0 bridgehead atoms. The van der Waals surface area contributed by atoms with Crippen molar-refractivity contribution < 1.29 is 9.53 Å². The van der Waals surface area contributed by atoms with E-state index in [2.05, 4.69) is 10.4 Å². The molecule has 1 N–H and O–H groups in total. The predicted molar refractivity (Wildman–Crippen MR) is 114 cm³/mol. The summed E-state index contributed by atoms with van der Waals surface area (Å²) in [5.74, 6) is 1.63. The Kier molecular flexibility index (Phi) is 6.74. The number of hydrogen-bond acceptors (Lipinski definition) is 4. The molecular weight excluding hydrogens is 368 g/mol. The summed E-state index contributed by atoms with van der Waals surface area (Å²) in [7, 11) is 1.85. The molecule has 0 spiro atoms. The van der Waals surface area contributed by atoms with Crippen molar-refractivity contribution in [2.24, 2.45) is 12.0 Å². The van der Waals surface area contributed by atoms with Crippen LogP contribution < -0.4 is 15.0 Å². The van der Waals surface area contributed by atoms with Gasteiger partial charge in [-0.15, -0.1) is 0 Å². The van der Waals surface area contributed by atoms with Crippen LogP contribution in [0.5, 0.6) is 5.75 Å². The second-order valence-corrected chi connectivity index (χ2v) is 7.28. The lowest BCUT2D eigenvalue weighted by Gasteiger charge is -2.35. The van der Waals surface area contributed by atoms with E-state index in [0.29, 0.717) is 19.6 Å². The summed E-state index contributed by atoms with van der Waals surface area (Å²) in [5, 5.41) is 7.45. The Morgan fingerprint density at radius 3 is 2.86 bits per heavy atom. The molecule has 29 heavy (non-hydrogen) atoms. The third-order valence-corrected chi connectivity index (χ3v) is 4.68. The summed E-state index contributed by atoms with van der Waals surface area (Å²) >= 11 is 0. The van der Waals surface area contributed by atoms with E-state index in [1.807, 2.05) is 63.2 Å². The second-order valence-electron chi connectivity index (χ2n) is 7.28. The maximum Gasteiger partial charge on any atom is 0.246 e. The molecular formula is C21H30N6O2. The number of carbonyl (C=O) groups excluding carboxylic acids is 1. The Labute approximate surface area is 172 Å². The molecule has 2 heterocycles. The maximum absolute atomic E-state index is 12.7. The molecule has 0 saturated carbocycles. The van der Waals surface area contributed by atoms with E-state index in [4.69, 9.17) is 9.73 Å². The van der Waals surface area contributed by atoms with Crippen LogP contribution in [0.4, 0.5) is 5.69 Å². The normalized spacial score (nSPS) is 16.1. The fourth-order valence-electron chi connectivity index (χ4n) is 3.27. The molecule has 1 aliphatic rings. The van der Waals surface area contributed by atoms with Gasteiger partial charge in [0.25, 0.3) is 0 Å². The Hall–Kier alpha value is -3.03. The zero-order valence-electron chi connectivity index (χ0n) is 17.6. The van der Waals surface area contributed by atoms with E-state index in [-0.39, 0.29) is 18.6 Å². The SMILES string of the molecule is CCNC(=NCC(C)Oc1cccc(C)c1)N1CCN(c2cnn(C)c2)C(=O)C1. The highest BCUT2D eigenvalue weighted by Crippen LogP contribution is 2.17. The first-order valence-corrected chi connectivity index (χ1v) is 10.0. The van der Waals surface area contributed by atoms with E-state index >= 15 is 0 Å². The van der Waals surface area contributed by atoms with Crippen LogP contribution in [0, 0.1) is 6.92 Å². The average Bonchev–Trinajstić information content (AvgIpc) is 3.11. The van der Waals surface area contributed by atoms with Gasteiger partial charge in [0.15, 0.2) is 5.96 Å². The van der Waals surface area contributed by atoms with Gasteiger partial charge >= 0.3 is 0 Å². The minimum Gasteiger partial charge on any atom is -0.489 e. The first-order valence-electron chi connectivity index (χ1n) is 10.0. The number of anilines is 1. The molecule has 8 nitrogen and oxygen atoms in total. The van der Waals surface area contributed by atoms with Crippen molar-refractivity contribution in [2.75, 3.05) is 37.6 Å². The van der Waals surface area contributed by atoms with Crippen LogP contribution in [0.2, 0.25) is 0 Å². The smallest absolute Gasteiger partial charge is 0.246 e. The Morgan fingerprint density at radius 1 is 1.38 bits per heavy atom. The molecule has 1 unspecified atom stereocenters. The van der Waals surface area contributed by atoms with Gasteiger partial charge in [0.05, 0.1) is 18.4 Å². The standard InChI is InChI=1S/C21H30N6O2/c1-5-22-21(23-12-17(3)29-19-8-6-7-16(2)11-19)26-9-10-27(20(28)15-26)18-13-24-25(4)14-18/h6-8,11,13-14,17H,5,9-10,12,15H2,1-4H3,(H,22,23). The molecule has 1 aromatic heterocycles. The summed E-state index contributed by atoms with van der Waals surface area (Å²) < 4.78 is 7.68. The van der Waals surface area contributed by atoms with Gasteiger partial charge in [-0.1, -0.05) is 12.1 Å². The van der Waals surface area contributed by atoms with Crippen LogP contribution >= 0.6 is 0 Å². The molecule has 1 fully saturated rings. The summed E-state index contributed by atoms with van der Waals surface area (Å²) in [6.45, 7) is 8.91. The van der Waals surface area contributed by atoms with Crippen molar-refractivity contribution >= 4 is 17.6 Å². The molecule has 1 saturated heterocycles. The lowest BCUT2D eigenvalue weighted by atomic mass is 10.2. The highest BCUT2D eigenvalue weighted by atomic mass is 16.5. The summed E-state index contributed by atoms with van der Waals surface area (Å²) in [5.41, 5.74) is 2.00. The Morgan fingerprint density at radius 2 is 2.21 bits per heavy atom. The summed E-state index contributed by atoms with van der Waals surface area (Å²) in [4.78, 5) is 21.2. The van der Waals surface area contributed by atoms with Gasteiger partial charge in [-0.25, -0.2) is 4.99 Å². The number of aryl methyl sites for hydroxylation is 2. The van der Waals surface area contributed by atoms with Crippen LogP contribution in [0.25, 0.3) is 0 Å². The highest BCUT2D eigenvalue weighted by molar-refractivity contribution is 5.98. The number of guanidine groups is 1. The topological polar surface area (TPSA) is 75.0 Å². The monoisotopic (exact) mass is 398 g/mol. The molecule has 8 heteroatoms. The number of carbonyl (C=O) groups is 1. The van der Waals surface area contributed by atoms with E-state index in [1.165, 1.54) is 0 Å². The Bertz CT molecular complexity index is 862. The minimum absolute atomic E-state index is 0.0407. The van der Waals surface area contributed by atoms with Crippen LogP contribution in [-0.2, 0) is 11.8 Å². The zero-order chi connectivity index (χ0) is 20.8. The fraction of sp³-hybridized carbons (Fsp3) is 0.476. The van der Waals surface area contributed by atoms with E-state index in [0.717, 1.165) is 29.5 Å². The lowest BCUT2D eigenvalue weighted by molar-refractivity contribution is -0.120. The third kappa shape index (κ3) is 5.49. The first-order chi connectivity index (χ1) is 14.0. The van der Waals surface area contributed by atoms with Gasteiger partial charge in [-0.3, -0.25) is 9.48 Å². The van der Waals surface area contributed by atoms with Crippen LogP contribution in [0.1, 0.15) is 19.4 Å². The van der Waals surface area contributed by atoms with Gasteiger partial charge in [-0.2, -0.15) is 5.10 Å². The van der Waals surface area contributed by atoms with Crippen LogP contribution in [-0.4, -0.2) is 65.4 Å². The van der Waals surface area contributed by atoms with Crippen LogP contribution in [0.3, 0.4) is 0 Å². The molecule has 2 aromatic rings. The molecule has 0 radical (unpaired) electrons. The number of rotatable bonds is 6. The van der Waals surface area contributed by atoms with Crippen molar-refractivity contribution in [3.8, 4) is 5.75 Å². The van der Waals surface area contributed by atoms with Crippen molar-refractivity contribution in [3.63, 3.8) is 0 Å². The number of amides is 1. The van der Waals surface area contributed by atoms with E-state index in [1.54, 1.807) is 15.8 Å². The van der Waals surface area contributed by atoms with Crippen molar-refractivity contribution in [1.29, 1.82) is 0 Å². The fourth-order valence-corrected chi connectivity index (χ4v) is 3.27. The van der Waals surface area contributed by atoms with Crippen molar-refractivity contribution in [1.82, 2.24) is 20.0 Å². The van der Waals surface area contributed by atoms with Crippen molar-refractivity contribution in [3.05, 3.63) is 42.2 Å². The molecule has 0 aliphatic carbocycles. The van der Waals surface area contributed by atoms with E-state index in [9.17, 15) is 4.79 Å². The number of piperazine rings is 1. The van der Waals surface area contributed by atoms with E-state index < -0.39 is 0 Å². The Balaban J connectivity index is 1.61.